The summed E-state index contributed by atoms with van der Waals surface area (Å²) in [7, 11) is 0. The second-order valence-electron chi connectivity index (χ2n) is 6.50. The van der Waals surface area contributed by atoms with Crippen LogP contribution in [0.3, 0.4) is 0 Å². The molecule has 0 N–H and O–H groups in total. The van der Waals surface area contributed by atoms with E-state index in [9.17, 15) is 4.79 Å². The molecule has 0 fully saturated rings. The zero-order valence-electron chi connectivity index (χ0n) is 14.2. The summed E-state index contributed by atoms with van der Waals surface area (Å²) in [4.78, 5) is 21.7. The number of pyridine rings is 1. The highest BCUT2D eigenvalue weighted by Gasteiger charge is 2.13. The molecule has 0 radical (unpaired) electrons. The molecule has 0 saturated carbocycles. The van der Waals surface area contributed by atoms with Crippen molar-refractivity contribution in [3.8, 4) is 11.8 Å². The van der Waals surface area contributed by atoms with Crippen molar-refractivity contribution < 1.29 is 0 Å². The smallest absolute Gasteiger partial charge is 0.261 e. The van der Waals surface area contributed by atoms with Crippen molar-refractivity contribution >= 4 is 10.9 Å². The number of benzene rings is 1. The Bertz CT molecular complexity index is 1070. The quantitative estimate of drug-likeness (QED) is 0.595. The highest BCUT2D eigenvalue weighted by molar-refractivity contribution is 5.79. The van der Waals surface area contributed by atoms with E-state index in [1.54, 1.807) is 6.20 Å². The lowest BCUT2D eigenvalue weighted by atomic mass is 10.1. The maximum Gasteiger partial charge on any atom is 0.261 e. The van der Waals surface area contributed by atoms with Crippen LogP contribution in [0, 0.1) is 18.8 Å². The fourth-order valence-corrected chi connectivity index (χ4v) is 3.24. The molecule has 0 bridgehead atoms. The summed E-state index contributed by atoms with van der Waals surface area (Å²) in [5.74, 6) is 7.12. The highest BCUT2D eigenvalue weighted by atomic mass is 16.1. The molecule has 1 aliphatic heterocycles. The number of fused-ring (bicyclic) bond motifs is 2. The van der Waals surface area contributed by atoms with Crippen molar-refractivity contribution in [2.45, 2.75) is 39.2 Å². The average molecular weight is 329 g/mol. The first-order valence-corrected chi connectivity index (χ1v) is 8.69. The number of aromatic nitrogens is 3. The number of hydrogen-bond donors (Lipinski definition) is 0. The van der Waals surface area contributed by atoms with Crippen molar-refractivity contribution in [2.24, 2.45) is 0 Å². The van der Waals surface area contributed by atoms with Gasteiger partial charge >= 0.3 is 0 Å². The number of rotatable bonds is 0. The van der Waals surface area contributed by atoms with Crippen molar-refractivity contribution in [1.29, 1.82) is 0 Å². The summed E-state index contributed by atoms with van der Waals surface area (Å²) >= 11 is 0. The molecule has 0 saturated heterocycles. The van der Waals surface area contributed by atoms with Crippen LogP contribution in [-0.4, -0.2) is 14.5 Å². The lowest BCUT2D eigenvalue weighted by molar-refractivity contribution is 0.614. The molecule has 0 atom stereocenters. The predicted octanol–water partition coefficient (Wildman–Crippen LogP) is 3.23. The second kappa shape index (κ2) is 6.52. The van der Waals surface area contributed by atoms with Crippen LogP contribution in [-0.2, 0) is 13.0 Å². The van der Waals surface area contributed by atoms with Gasteiger partial charge in [-0.05, 0) is 61.6 Å². The number of hydrogen-bond acceptors (Lipinski definition) is 3. The van der Waals surface area contributed by atoms with Crippen LogP contribution in [0.5, 0.6) is 0 Å². The molecule has 1 aromatic carbocycles. The monoisotopic (exact) mass is 329 g/mol. The van der Waals surface area contributed by atoms with Crippen molar-refractivity contribution in [3.05, 3.63) is 69.5 Å². The van der Waals surface area contributed by atoms with Crippen LogP contribution in [0.25, 0.3) is 10.9 Å². The van der Waals surface area contributed by atoms with E-state index in [1.165, 1.54) is 0 Å². The van der Waals surface area contributed by atoms with Gasteiger partial charge in [-0.25, -0.2) is 9.97 Å². The predicted molar refractivity (Wildman–Crippen MR) is 98.5 cm³/mol. The van der Waals surface area contributed by atoms with Gasteiger partial charge in [0.1, 0.15) is 11.5 Å². The van der Waals surface area contributed by atoms with Gasteiger partial charge in [0.05, 0.1) is 10.9 Å². The van der Waals surface area contributed by atoms with Gasteiger partial charge in [0.25, 0.3) is 5.56 Å². The van der Waals surface area contributed by atoms with Crippen LogP contribution in [0.15, 0.2) is 41.3 Å². The van der Waals surface area contributed by atoms with E-state index < -0.39 is 0 Å². The van der Waals surface area contributed by atoms with Gasteiger partial charge in [0.2, 0.25) is 0 Å². The lowest BCUT2D eigenvalue weighted by Crippen LogP contribution is -2.24. The van der Waals surface area contributed by atoms with E-state index >= 15 is 0 Å². The molecular weight excluding hydrogens is 310 g/mol. The molecule has 4 heteroatoms. The zero-order chi connectivity index (χ0) is 17.2. The summed E-state index contributed by atoms with van der Waals surface area (Å²) in [6, 6.07) is 9.54. The third-order valence-corrected chi connectivity index (χ3v) is 4.57. The molecule has 3 heterocycles. The first-order valence-electron chi connectivity index (χ1n) is 8.69. The Morgan fingerprint density at radius 2 is 2.00 bits per heavy atom. The summed E-state index contributed by atoms with van der Waals surface area (Å²) in [6.45, 7) is 2.80. The van der Waals surface area contributed by atoms with E-state index in [-0.39, 0.29) is 5.56 Å². The van der Waals surface area contributed by atoms with Crippen molar-refractivity contribution in [2.75, 3.05) is 0 Å². The Morgan fingerprint density at radius 3 is 2.88 bits per heavy atom. The Morgan fingerprint density at radius 1 is 1.08 bits per heavy atom. The summed E-state index contributed by atoms with van der Waals surface area (Å²) in [5, 5.41) is 0.671. The van der Waals surface area contributed by atoms with Gasteiger partial charge in [-0.3, -0.25) is 9.36 Å². The van der Waals surface area contributed by atoms with Gasteiger partial charge in [-0.15, -0.1) is 0 Å². The molecule has 0 spiro atoms. The van der Waals surface area contributed by atoms with E-state index in [0.717, 1.165) is 60.4 Å². The zero-order valence-corrected chi connectivity index (χ0v) is 14.2. The molecule has 4 nitrogen and oxygen atoms in total. The molecule has 0 unspecified atom stereocenters. The van der Waals surface area contributed by atoms with Gasteiger partial charge in [0.15, 0.2) is 0 Å². The minimum absolute atomic E-state index is 0.0711. The summed E-state index contributed by atoms with van der Waals surface area (Å²) in [6.07, 6.45) is 5.93. The molecule has 4 rings (SSSR count). The maximum atomic E-state index is 12.7. The maximum absolute atomic E-state index is 12.7. The Hall–Kier alpha value is -2.93. The Kier molecular flexibility index (Phi) is 4.07. The minimum atomic E-state index is 0.0711. The van der Waals surface area contributed by atoms with E-state index in [1.807, 2.05) is 41.8 Å². The SMILES string of the molecule is Cc1ccnc(C#Cc2ccc3c(=O)n4c(nc3c2)CCCCC4)c1. The number of nitrogens with zero attached hydrogens (tertiary/aromatic N) is 3. The molecule has 2 aromatic heterocycles. The first-order chi connectivity index (χ1) is 12.2. The summed E-state index contributed by atoms with van der Waals surface area (Å²) < 4.78 is 1.84. The second-order valence-corrected chi connectivity index (χ2v) is 6.50. The fourth-order valence-electron chi connectivity index (χ4n) is 3.24. The van der Waals surface area contributed by atoms with Crippen LogP contribution < -0.4 is 5.56 Å². The van der Waals surface area contributed by atoms with Gasteiger partial charge < -0.3 is 0 Å². The minimum Gasteiger partial charge on any atom is -0.296 e. The lowest BCUT2D eigenvalue weighted by Gasteiger charge is -2.10. The Balaban J connectivity index is 1.77. The van der Waals surface area contributed by atoms with E-state index in [0.29, 0.717) is 5.39 Å². The Labute approximate surface area is 146 Å². The van der Waals surface area contributed by atoms with Gasteiger partial charge in [-0.2, -0.15) is 0 Å². The third kappa shape index (κ3) is 3.18. The van der Waals surface area contributed by atoms with Crippen LogP contribution >= 0.6 is 0 Å². The molecule has 124 valence electrons. The number of aryl methyl sites for hydroxylation is 2. The van der Waals surface area contributed by atoms with Gasteiger partial charge in [-0.1, -0.05) is 12.3 Å². The topological polar surface area (TPSA) is 47.8 Å². The largest absolute Gasteiger partial charge is 0.296 e. The normalized spacial score (nSPS) is 13.6. The van der Waals surface area contributed by atoms with Crippen LogP contribution in [0.1, 0.15) is 41.9 Å². The van der Waals surface area contributed by atoms with Crippen molar-refractivity contribution in [3.63, 3.8) is 0 Å². The summed E-state index contributed by atoms with van der Waals surface area (Å²) in [5.41, 5.74) is 3.54. The first kappa shape index (κ1) is 15.6. The molecule has 25 heavy (non-hydrogen) atoms. The van der Waals surface area contributed by atoms with Crippen LogP contribution in [0.2, 0.25) is 0 Å². The van der Waals surface area contributed by atoms with Gasteiger partial charge in [0, 0.05) is 24.7 Å². The van der Waals surface area contributed by atoms with Crippen LogP contribution in [0.4, 0.5) is 0 Å². The highest BCUT2D eigenvalue weighted by Crippen LogP contribution is 2.16. The third-order valence-electron chi connectivity index (χ3n) is 4.57. The molecule has 1 aliphatic rings. The molecule has 0 aliphatic carbocycles. The molecule has 0 amide bonds. The molecule has 3 aromatic rings. The van der Waals surface area contributed by atoms with E-state index in [4.69, 9.17) is 4.98 Å². The fraction of sp³-hybridized carbons (Fsp3) is 0.286. The van der Waals surface area contributed by atoms with Crippen molar-refractivity contribution in [1.82, 2.24) is 14.5 Å². The van der Waals surface area contributed by atoms with E-state index in [2.05, 4.69) is 16.8 Å². The average Bonchev–Trinajstić information content (AvgIpc) is 2.86. The standard InChI is InChI=1S/C21H19N3O/c1-15-10-11-22-17(13-15)8-6-16-7-9-18-19(14-16)23-20-5-3-2-4-12-24(20)21(18)25/h7,9-11,13-14H,2-5,12H2,1H3. The molecular formula is C21H19N3O.